The number of benzene rings is 1. The smallest absolute Gasteiger partial charge is 0.328 e. The summed E-state index contributed by atoms with van der Waals surface area (Å²) in [6, 6.07) is 4.97. The minimum absolute atomic E-state index is 0.0846. The summed E-state index contributed by atoms with van der Waals surface area (Å²) in [7, 11) is 0. The lowest BCUT2D eigenvalue weighted by atomic mass is 10.2. The highest BCUT2D eigenvalue weighted by atomic mass is 35.5. The summed E-state index contributed by atoms with van der Waals surface area (Å²) >= 11 is 12.0. The van der Waals surface area contributed by atoms with Crippen LogP contribution < -0.4 is 0 Å². The molecule has 1 heterocycles. The van der Waals surface area contributed by atoms with Crippen molar-refractivity contribution < 1.29 is 14.5 Å². The maximum atomic E-state index is 11.9. The van der Waals surface area contributed by atoms with Crippen LogP contribution in [0.5, 0.6) is 0 Å². The molecule has 9 heteroatoms. The Morgan fingerprint density at radius 1 is 1.35 bits per heavy atom. The van der Waals surface area contributed by atoms with E-state index in [1.54, 1.807) is 18.2 Å². The summed E-state index contributed by atoms with van der Waals surface area (Å²) in [6.45, 7) is 2.72. The summed E-state index contributed by atoms with van der Waals surface area (Å²) in [5, 5.41) is 15.7. The number of hydrogen-bond donors (Lipinski definition) is 0. The average Bonchev–Trinajstić information content (AvgIpc) is 2.72. The molecule has 0 bridgehead atoms. The van der Waals surface area contributed by atoms with E-state index in [1.807, 2.05) is 0 Å². The lowest BCUT2D eigenvalue weighted by molar-refractivity contribution is -0.386. The van der Waals surface area contributed by atoms with Gasteiger partial charge in [-0.1, -0.05) is 29.3 Å². The van der Waals surface area contributed by atoms with Crippen molar-refractivity contribution in [1.29, 1.82) is 0 Å². The number of carbonyl (C=O) groups is 1. The second kappa shape index (κ2) is 6.97. The van der Waals surface area contributed by atoms with E-state index in [0.717, 1.165) is 0 Å². The summed E-state index contributed by atoms with van der Waals surface area (Å²) < 4.78 is 6.36. The Balaban J connectivity index is 2.06. The van der Waals surface area contributed by atoms with Crippen LogP contribution in [-0.4, -0.2) is 20.7 Å². The Hall–Kier alpha value is -2.12. The molecule has 0 saturated carbocycles. The quantitative estimate of drug-likeness (QED) is 0.464. The van der Waals surface area contributed by atoms with Crippen LogP contribution in [0.25, 0.3) is 0 Å². The van der Waals surface area contributed by atoms with Gasteiger partial charge in [0.05, 0.1) is 4.92 Å². The number of aromatic nitrogens is 2. The molecule has 1 aromatic heterocycles. The van der Waals surface area contributed by atoms with Crippen LogP contribution in [0.4, 0.5) is 5.69 Å². The van der Waals surface area contributed by atoms with Crippen LogP contribution >= 0.6 is 23.2 Å². The first-order valence-corrected chi connectivity index (χ1v) is 7.33. The first kappa shape index (κ1) is 17.2. The van der Waals surface area contributed by atoms with Crippen LogP contribution in [0.3, 0.4) is 0 Å². The first-order chi connectivity index (χ1) is 10.8. The van der Waals surface area contributed by atoms with Gasteiger partial charge in [-0.25, -0.2) is 0 Å². The van der Waals surface area contributed by atoms with Gasteiger partial charge in [-0.15, -0.1) is 0 Å². The molecule has 0 radical (unpaired) electrons. The molecule has 1 aromatic carbocycles. The Morgan fingerprint density at radius 3 is 2.48 bits per heavy atom. The normalized spacial score (nSPS) is 10.6. The Kier molecular flexibility index (Phi) is 5.23. The zero-order valence-electron chi connectivity index (χ0n) is 12.4. The summed E-state index contributed by atoms with van der Waals surface area (Å²) in [4.78, 5) is 22.3. The number of halogens is 2. The van der Waals surface area contributed by atoms with Gasteiger partial charge < -0.3 is 4.74 Å². The molecule has 7 nitrogen and oxygen atoms in total. The van der Waals surface area contributed by atoms with Gasteiger partial charge >= 0.3 is 11.7 Å². The van der Waals surface area contributed by atoms with Crippen molar-refractivity contribution >= 4 is 34.9 Å². The molecule has 122 valence electrons. The summed E-state index contributed by atoms with van der Waals surface area (Å²) in [5.74, 6) is -0.596. The maximum absolute atomic E-state index is 11.9. The summed E-state index contributed by atoms with van der Waals surface area (Å²) in [5.41, 5.74) is 0.935. The lowest BCUT2D eigenvalue weighted by Gasteiger charge is -2.09. The number of carbonyl (C=O) groups excluding carboxylic acids is 1. The summed E-state index contributed by atoms with van der Waals surface area (Å²) in [6.07, 6.45) is 0. The fraction of sp³-hybridized carbons (Fsp3) is 0.286. The Labute approximate surface area is 141 Å². The van der Waals surface area contributed by atoms with Crippen molar-refractivity contribution in [3.8, 4) is 0 Å². The van der Waals surface area contributed by atoms with Crippen molar-refractivity contribution in [2.75, 3.05) is 0 Å². The zero-order chi connectivity index (χ0) is 17.1. The minimum atomic E-state index is -0.596. The van der Waals surface area contributed by atoms with Crippen LogP contribution in [-0.2, 0) is 22.7 Å². The Morgan fingerprint density at radius 2 is 1.96 bits per heavy atom. The lowest BCUT2D eigenvalue weighted by Crippen LogP contribution is -2.16. The standard InChI is InChI=1S/C14H13Cl2N3O4/c1-8-14(19(21)22)9(2)18(17-8)6-13(20)23-7-10-11(15)4-3-5-12(10)16/h3-5H,6-7H2,1-2H3. The second-order valence-electron chi connectivity index (χ2n) is 4.80. The fourth-order valence-electron chi connectivity index (χ4n) is 2.10. The molecule has 0 N–H and O–H groups in total. The average molecular weight is 358 g/mol. The SMILES string of the molecule is Cc1nn(CC(=O)OCc2c(Cl)cccc2Cl)c(C)c1[N+](=O)[O-]. The largest absolute Gasteiger partial charge is 0.459 e. The van der Waals surface area contributed by atoms with Crippen molar-refractivity contribution in [2.45, 2.75) is 27.0 Å². The molecular weight excluding hydrogens is 345 g/mol. The van der Waals surface area contributed by atoms with Crippen molar-refractivity contribution in [2.24, 2.45) is 0 Å². The number of ether oxygens (including phenoxy) is 1. The van der Waals surface area contributed by atoms with E-state index >= 15 is 0 Å². The number of aryl methyl sites for hydroxylation is 1. The van der Waals surface area contributed by atoms with Crippen LogP contribution in [0, 0.1) is 24.0 Å². The molecular formula is C14H13Cl2N3O4. The highest BCUT2D eigenvalue weighted by Gasteiger charge is 2.23. The van der Waals surface area contributed by atoms with Crippen molar-refractivity contribution in [3.63, 3.8) is 0 Å². The zero-order valence-corrected chi connectivity index (χ0v) is 13.9. The van der Waals surface area contributed by atoms with E-state index < -0.39 is 10.9 Å². The minimum Gasteiger partial charge on any atom is -0.459 e. The van der Waals surface area contributed by atoms with Gasteiger partial charge in [0.15, 0.2) is 0 Å². The number of nitro groups is 1. The van der Waals surface area contributed by atoms with Gasteiger partial charge in [0, 0.05) is 15.6 Å². The monoisotopic (exact) mass is 357 g/mol. The molecule has 0 spiro atoms. The molecule has 0 unspecified atom stereocenters. The third-order valence-electron chi connectivity index (χ3n) is 3.24. The number of rotatable bonds is 5. The van der Waals surface area contributed by atoms with E-state index in [1.165, 1.54) is 18.5 Å². The van der Waals surface area contributed by atoms with Crippen molar-refractivity contribution in [3.05, 3.63) is 55.3 Å². The van der Waals surface area contributed by atoms with Crippen molar-refractivity contribution in [1.82, 2.24) is 9.78 Å². The van der Waals surface area contributed by atoms with Crippen LogP contribution in [0.2, 0.25) is 10.0 Å². The predicted molar refractivity (Wildman–Crippen MR) is 84.6 cm³/mol. The predicted octanol–water partition coefficient (Wildman–Crippen LogP) is 3.46. The molecule has 2 rings (SSSR count). The van der Waals surface area contributed by atoms with Gasteiger partial charge in [0.1, 0.15) is 24.5 Å². The van der Waals surface area contributed by atoms with Crippen LogP contribution in [0.15, 0.2) is 18.2 Å². The van der Waals surface area contributed by atoms with Gasteiger partial charge in [-0.05, 0) is 26.0 Å². The third-order valence-corrected chi connectivity index (χ3v) is 3.95. The third kappa shape index (κ3) is 3.80. The highest BCUT2D eigenvalue weighted by molar-refractivity contribution is 6.35. The Bertz CT molecular complexity index is 753. The molecule has 0 aliphatic heterocycles. The van der Waals surface area contributed by atoms with Gasteiger partial charge in [-0.3, -0.25) is 19.6 Å². The molecule has 0 aliphatic rings. The van der Waals surface area contributed by atoms with E-state index in [9.17, 15) is 14.9 Å². The van der Waals surface area contributed by atoms with Gasteiger partial charge in [0.25, 0.3) is 0 Å². The molecule has 0 fully saturated rings. The van der Waals surface area contributed by atoms with Crippen LogP contribution in [0.1, 0.15) is 17.0 Å². The molecule has 2 aromatic rings. The maximum Gasteiger partial charge on any atom is 0.328 e. The van der Waals surface area contributed by atoms with Gasteiger partial charge in [-0.2, -0.15) is 5.10 Å². The topological polar surface area (TPSA) is 87.3 Å². The van der Waals surface area contributed by atoms with E-state index in [-0.39, 0.29) is 24.5 Å². The van der Waals surface area contributed by atoms with E-state index in [2.05, 4.69) is 5.10 Å². The second-order valence-corrected chi connectivity index (χ2v) is 5.61. The molecule has 0 amide bonds. The first-order valence-electron chi connectivity index (χ1n) is 6.58. The number of nitrogens with zero attached hydrogens (tertiary/aromatic N) is 3. The molecule has 23 heavy (non-hydrogen) atoms. The molecule has 0 saturated heterocycles. The molecule has 0 atom stereocenters. The highest BCUT2D eigenvalue weighted by Crippen LogP contribution is 2.25. The fourth-order valence-corrected chi connectivity index (χ4v) is 2.60. The van der Waals surface area contributed by atoms with Gasteiger partial charge in [0.2, 0.25) is 0 Å². The van der Waals surface area contributed by atoms with E-state index in [4.69, 9.17) is 27.9 Å². The number of esters is 1. The number of hydrogen-bond acceptors (Lipinski definition) is 5. The van der Waals surface area contributed by atoms with E-state index in [0.29, 0.717) is 21.3 Å². The molecule has 0 aliphatic carbocycles.